The number of carbonyl (C=O) groups is 1. The van der Waals surface area contributed by atoms with E-state index in [1.165, 1.54) is 18.2 Å². The molecule has 136 valence electrons. The Balaban J connectivity index is 1.70. The van der Waals surface area contributed by atoms with E-state index in [0.717, 1.165) is 0 Å². The van der Waals surface area contributed by atoms with Crippen LogP contribution in [-0.2, 0) is 4.74 Å². The maximum absolute atomic E-state index is 14.5. The van der Waals surface area contributed by atoms with Crippen molar-refractivity contribution in [2.75, 3.05) is 36.6 Å². The maximum atomic E-state index is 14.5. The third-order valence-electron chi connectivity index (χ3n) is 4.19. The van der Waals surface area contributed by atoms with E-state index < -0.39 is 5.97 Å². The number of hydrogen-bond acceptors (Lipinski definition) is 6. The molecule has 0 atom stereocenters. The number of aromatic carboxylic acids is 1. The molecular weight excluding hydrogens is 337 g/mol. The van der Waals surface area contributed by atoms with Gasteiger partial charge >= 0.3 is 0 Å². The van der Waals surface area contributed by atoms with Gasteiger partial charge in [0.15, 0.2) is 0 Å². The van der Waals surface area contributed by atoms with Gasteiger partial charge in [-0.2, -0.15) is 5.10 Å². The molecule has 0 bridgehead atoms. The molecule has 2 aromatic carbocycles. The van der Waals surface area contributed by atoms with Gasteiger partial charge in [-0.05, 0) is 36.8 Å². The second-order valence-corrected chi connectivity index (χ2v) is 5.94. The molecule has 6 nitrogen and oxygen atoms in total. The number of benzene rings is 2. The Bertz CT molecular complexity index is 815. The molecule has 1 aliphatic rings. The number of carbonyl (C=O) groups excluding carboxylic acids is 1. The molecule has 3 rings (SSSR count). The zero-order valence-corrected chi connectivity index (χ0v) is 14.4. The van der Waals surface area contributed by atoms with Gasteiger partial charge in [-0.1, -0.05) is 18.2 Å². The van der Waals surface area contributed by atoms with E-state index in [1.807, 2.05) is 11.0 Å². The monoisotopic (exact) mass is 356 g/mol. The lowest BCUT2D eigenvalue weighted by atomic mass is 10.1. The highest BCUT2D eigenvalue weighted by Gasteiger charge is 2.15. The Labute approximate surface area is 150 Å². The fourth-order valence-electron chi connectivity index (χ4n) is 2.69. The first-order valence-corrected chi connectivity index (χ1v) is 8.29. The van der Waals surface area contributed by atoms with Crippen molar-refractivity contribution >= 4 is 23.1 Å². The van der Waals surface area contributed by atoms with Gasteiger partial charge in [0.05, 0.1) is 36.3 Å². The third-order valence-corrected chi connectivity index (χ3v) is 4.19. The highest BCUT2D eigenvalue weighted by Crippen LogP contribution is 2.22. The number of halogens is 1. The van der Waals surface area contributed by atoms with Crippen molar-refractivity contribution in [2.24, 2.45) is 5.10 Å². The molecule has 1 saturated heterocycles. The molecule has 1 fully saturated rings. The minimum absolute atomic E-state index is 0.0945. The molecule has 26 heavy (non-hydrogen) atoms. The molecule has 1 N–H and O–H groups in total. The fourth-order valence-corrected chi connectivity index (χ4v) is 2.69. The Morgan fingerprint density at radius 3 is 2.42 bits per heavy atom. The number of carboxylic acid groups (broad SMARTS) is 1. The molecule has 0 aromatic heterocycles. The van der Waals surface area contributed by atoms with E-state index in [1.54, 1.807) is 25.1 Å². The van der Waals surface area contributed by atoms with Crippen molar-refractivity contribution in [2.45, 2.75) is 6.92 Å². The van der Waals surface area contributed by atoms with Crippen LogP contribution in [0.15, 0.2) is 47.6 Å². The topological polar surface area (TPSA) is 77.0 Å². The number of morpholine rings is 1. The molecule has 0 radical (unpaired) electrons. The number of hydrazone groups is 1. The third kappa shape index (κ3) is 4.18. The summed E-state index contributed by atoms with van der Waals surface area (Å²) < 4.78 is 19.7. The summed E-state index contributed by atoms with van der Waals surface area (Å²) in [6, 6.07) is 11.1. The molecular formula is C19H19FN3O3-. The highest BCUT2D eigenvalue weighted by molar-refractivity contribution is 5.99. The lowest BCUT2D eigenvalue weighted by Gasteiger charge is -2.29. The number of anilines is 2. The summed E-state index contributed by atoms with van der Waals surface area (Å²) in [5.74, 6) is -1.52. The van der Waals surface area contributed by atoms with Crippen LogP contribution in [0.3, 0.4) is 0 Å². The number of nitrogens with one attached hydrogen (secondary N) is 1. The van der Waals surface area contributed by atoms with Crippen molar-refractivity contribution < 1.29 is 19.0 Å². The van der Waals surface area contributed by atoms with Gasteiger partial charge in [-0.25, -0.2) is 4.39 Å². The summed E-state index contributed by atoms with van der Waals surface area (Å²) in [4.78, 5) is 12.7. The van der Waals surface area contributed by atoms with Crippen LogP contribution in [0.2, 0.25) is 0 Å². The molecule has 1 heterocycles. The quantitative estimate of drug-likeness (QED) is 0.654. The first-order chi connectivity index (χ1) is 12.5. The van der Waals surface area contributed by atoms with Crippen LogP contribution in [0, 0.1) is 5.82 Å². The molecule has 0 amide bonds. The molecule has 2 aromatic rings. The first-order valence-electron chi connectivity index (χ1n) is 8.29. The van der Waals surface area contributed by atoms with Gasteiger partial charge in [0.25, 0.3) is 0 Å². The largest absolute Gasteiger partial charge is 0.545 e. The Hall–Kier alpha value is -2.93. The smallest absolute Gasteiger partial charge is 0.147 e. The minimum atomic E-state index is -1.23. The SMILES string of the molecule is C/C(=N/Nc1ccc(C(=O)[O-])cc1)c1ccc(N2CCOCC2)c(F)c1. The van der Waals surface area contributed by atoms with E-state index in [4.69, 9.17) is 4.74 Å². The Morgan fingerprint density at radius 1 is 1.15 bits per heavy atom. The van der Waals surface area contributed by atoms with E-state index >= 15 is 0 Å². The Kier molecular flexibility index (Phi) is 5.48. The minimum Gasteiger partial charge on any atom is -0.545 e. The summed E-state index contributed by atoms with van der Waals surface area (Å²) in [5, 5.41) is 15.0. The van der Waals surface area contributed by atoms with Gasteiger partial charge in [0.1, 0.15) is 5.82 Å². The standard InChI is InChI=1S/C19H20FN3O3/c1-13(21-22-16-5-2-14(3-6-16)19(24)25)15-4-7-18(17(20)12-15)23-8-10-26-11-9-23/h2-7,12,22H,8-11H2,1H3,(H,24,25)/p-1/b21-13-. The summed E-state index contributed by atoms with van der Waals surface area (Å²) in [6.07, 6.45) is 0. The predicted octanol–water partition coefficient (Wildman–Crippen LogP) is 1.86. The van der Waals surface area contributed by atoms with Crippen LogP contribution in [0.25, 0.3) is 0 Å². The van der Waals surface area contributed by atoms with Crippen molar-refractivity contribution in [1.29, 1.82) is 0 Å². The first kappa shape index (κ1) is 17.9. The Morgan fingerprint density at radius 2 is 1.81 bits per heavy atom. The summed E-state index contributed by atoms with van der Waals surface area (Å²) in [6.45, 7) is 4.32. The summed E-state index contributed by atoms with van der Waals surface area (Å²) >= 11 is 0. The fraction of sp³-hybridized carbons (Fsp3) is 0.263. The molecule has 0 saturated carbocycles. The zero-order chi connectivity index (χ0) is 18.5. The number of carboxylic acids is 1. The van der Waals surface area contributed by atoms with Crippen LogP contribution in [-0.4, -0.2) is 38.0 Å². The molecule has 0 aliphatic carbocycles. The van der Waals surface area contributed by atoms with Crippen LogP contribution in [0.5, 0.6) is 0 Å². The molecule has 0 spiro atoms. The van der Waals surface area contributed by atoms with E-state index in [-0.39, 0.29) is 11.4 Å². The second kappa shape index (κ2) is 7.97. The number of rotatable bonds is 5. The van der Waals surface area contributed by atoms with Crippen molar-refractivity contribution in [3.8, 4) is 0 Å². The van der Waals surface area contributed by atoms with E-state index in [0.29, 0.717) is 49.0 Å². The van der Waals surface area contributed by atoms with E-state index in [2.05, 4.69) is 10.5 Å². The molecule has 0 unspecified atom stereocenters. The summed E-state index contributed by atoms with van der Waals surface area (Å²) in [5.41, 5.74) is 5.39. The second-order valence-electron chi connectivity index (χ2n) is 5.94. The van der Waals surface area contributed by atoms with Crippen LogP contribution in [0.4, 0.5) is 15.8 Å². The van der Waals surface area contributed by atoms with Crippen LogP contribution >= 0.6 is 0 Å². The average molecular weight is 356 g/mol. The van der Waals surface area contributed by atoms with Gasteiger partial charge in [0.2, 0.25) is 0 Å². The molecule has 1 aliphatic heterocycles. The molecule has 7 heteroatoms. The van der Waals surface area contributed by atoms with Gasteiger partial charge in [-0.3, -0.25) is 5.43 Å². The lowest BCUT2D eigenvalue weighted by molar-refractivity contribution is -0.255. The zero-order valence-electron chi connectivity index (χ0n) is 14.4. The highest BCUT2D eigenvalue weighted by atomic mass is 19.1. The predicted molar refractivity (Wildman–Crippen MR) is 96.0 cm³/mol. The van der Waals surface area contributed by atoms with Crippen molar-refractivity contribution in [3.63, 3.8) is 0 Å². The number of nitrogens with zero attached hydrogens (tertiary/aromatic N) is 2. The normalized spacial score (nSPS) is 15.0. The number of hydrogen-bond donors (Lipinski definition) is 1. The van der Waals surface area contributed by atoms with Crippen molar-refractivity contribution in [3.05, 3.63) is 59.4 Å². The lowest BCUT2D eigenvalue weighted by Crippen LogP contribution is -2.36. The van der Waals surface area contributed by atoms with Gasteiger partial charge < -0.3 is 19.5 Å². The van der Waals surface area contributed by atoms with E-state index in [9.17, 15) is 14.3 Å². The maximum Gasteiger partial charge on any atom is 0.147 e. The van der Waals surface area contributed by atoms with Crippen LogP contribution in [0.1, 0.15) is 22.8 Å². The number of ether oxygens (including phenoxy) is 1. The average Bonchev–Trinajstić information content (AvgIpc) is 2.67. The van der Waals surface area contributed by atoms with Crippen LogP contribution < -0.4 is 15.4 Å². The van der Waals surface area contributed by atoms with Gasteiger partial charge in [0, 0.05) is 18.7 Å². The van der Waals surface area contributed by atoms with Gasteiger partial charge in [-0.15, -0.1) is 0 Å². The summed E-state index contributed by atoms with van der Waals surface area (Å²) in [7, 11) is 0. The van der Waals surface area contributed by atoms with Crippen molar-refractivity contribution in [1.82, 2.24) is 0 Å².